The highest BCUT2D eigenvalue weighted by Crippen LogP contribution is 2.24. The molecule has 0 radical (unpaired) electrons. The van der Waals surface area contributed by atoms with Crippen molar-refractivity contribution in [3.63, 3.8) is 0 Å². The highest BCUT2D eigenvalue weighted by molar-refractivity contribution is 5.93. The molecule has 23 heavy (non-hydrogen) atoms. The van der Waals surface area contributed by atoms with E-state index in [1.165, 1.54) is 15.5 Å². The van der Waals surface area contributed by atoms with Crippen molar-refractivity contribution in [1.29, 1.82) is 0 Å². The van der Waals surface area contributed by atoms with Crippen LogP contribution < -0.4 is 0 Å². The average Bonchev–Trinajstić information content (AvgIpc) is 3.19. The number of rotatable bonds is 3. The molecule has 1 fully saturated rings. The first-order valence-electron chi connectivity index (χ1n) is 7.45. The standard InChI is InChI=1S/C14H17F2N5O2/c1-2-11(22)20-5-3-4-9(20)14(23)19-6-7-21-10(8-19)17-18-13(21)12(15)16/h2,9,12H,1,3-8H2. The molecule has 0 bridgehead atoms. The van der Waals surface area contributed by atoms with Crippen molar-refractivity contribution in [2.24, 2.45) is 0 Å². The Balaban J connectivity index is 1.74. The molecule has 124 valence electrons. The van der Waals surface area contributed by atoms with Crippen LogP contribution in [0.25, 0.3) is 0 Å². The lowest BCUT2D eigenvalue weighted by Crippen LogP contribution is -2.49. The van der Waals surface area contributed by atoms with Gasteiger partial charge >= 0.3 is 0 Å². The SMILES string of the molecule is C=CC(=O)N1CCCC1C(=O)N1CCn2c(nnc2C(F)F)C1. The van der Waals surface area contributed by atoms with Crippen LogP contribution in [0.2, 0.25) is 0 Å². The summed E-state index contributed by atoms with van der Waals surface area (Å²) in [6.45, 7) is 4.64. The van der Waals surface area contributed by atoms with Crippen molar-refractivity contribution >= 4 is 11.8 Å². The molecule has 0 saturated carbocycles. The van der Waals surface area contributed by atoms with E-state index in [0.29, 0.717) is 25.3 Å². The number of amides is 2. The first-order valence-corrected chi connectivity index (χ1v) is 7.45. The molecule has 0 aliphatic carbocycles. The lowest BCUT2D eigenvalue weighted by molar-refractivity contribution is -0.142. The molecule has 1 aromatic rings. The molecule has 3 rings (SSSR count). The highest BCUT2D eigenvalue weighted by atomic mass is 19.3. The van der Waals surface area contributed by atoms with Gasteiger partial charge in [-0.2, -0.15) is 0 Å². The lowest BCUT2D eigenvalue weighted by atomic mass is 10.1. The van der Waals surface area contributed by atoms with Gasteiger partial charge in [-0.3, -0.25) is 9.59 Å². The van der Waals surface area contributed by atoms with Crippen molar-refractivity contribution < 1.29 is 18.4 Å². The summed E-state index contributed by atoms with van der Waals surface area (Å²) in [6.07, 6.45) is -0.124. The molecule has 1 saturated heterocycles. The Morgan fingerprint density at radius 3 is 2.74 bits per heavy atom. The zero-order chi connectivity index (χ0) is 16.6. The number of likely N-dealkylation sites (tertiary alicyclic amines) is 1. The molecule has 1 atom stereocenters. The molecule has 0 spiro atoms. The van der Waals surface area contributed by atoms with Gasteiger partial charge in [-0.15, -0.1) is 10.2 Å². The van der Waals surface area contributed by atoms with Crippen LogP contribution in [0.15, 0.2) is 12.7 Å². The van der Waals surface area contributed by atoms with Gasteiger partial charge in [0.25, 0.3) is 6.43 Å². The number of halogens is 2. The number of fused-ring (bicyclic) bond motifs is 1. The number of hydrogen-bond acceptors (Lipinski definition) is 4. The van der Waals surface area contributed by atoms with Gasteiger partial charge in [0.15, 0.2) is 11.6 Å². The van der Waals surface area contributed by atoms with Gasteiger partial charge < -0.3 is 14.4 Å². The van der Waals surface area contributed by atoms with Crippen LogP contribution in [0.1, 0.15) is 30.9 Å². The molecule has 3 heterocycles. The van der Waals surface area contributed by atoms with Crippen LogP contribution in [0.5, 0.6) is 0 Å². The normalized spacial score (nSPS) is 20.7. The quantitative estimate of drug-likeness (QED) is 0.768. The Labute approximate surface area is 131 Å². The monoisotopic (exact) mass is 325 g/mol. The Hall–Kier alpha value is -2.32. The van der Waals surface area contributed by atoms with Gasteiger partial charge in [-0.05, 0) is 18.9 Å². The van der Waals surface area contributed by atoms with E-state index in [4.69, 9.17) is 0 Å². The molecular weight excluding hydrogens is 308 g/mol. The smallest absolute Gasteiger partial charge is 0.297 e. The third-order valence-corrected chi connectivity index (χ3v) is 4.28. The van der Waals surface area contributed by atoms with Crippen LogP contribution in [-0.2, 0) is 22.7 Å². The van der Waals surface area contributed by atoms with Gasteiger partial charge in [0, 0.05) is 19.6 Å². The summed E-state index contributed by atoms with van der Waals surface area (Å²) in [5, 5.41) is 7.24. The predicted octanol–water partition coefficient (Wildman–Crippen LogP) is 0.735. The van der Waals surface area contributed by atoms with E-state index < -0.39 is 12.5 Å². The summed E-state index contributed by atoms with van der Waals surface area (Å²) >= 11 is 0. The maximum absolute atomic E-state index is 12.8. The number of carbonyl (C=O) groups excluding carboxylic acids is 2. The van der Waals surface area contributed by atoms with E-state index in [1.807, 2.05) is 0 Å². The summed E-state index contributed by atoms with van der Waals surface area (Å²) in [6, 6.07) is -0.510. The Bertz CT molecular complexity index is 645. The zero-order valence-corrected chi connectivity index (χ0v) is 12.5. The topological polar surface area (TPSA) is 71.3 Å². The second-order valence-electron chi connectivity index (χ2n) is 5.58. The fourth-order valence-electron chi connectivity index (χ4n) is 3.14. The van der Waals surface area contributed by atoms with E-state index in [9.17, 15) is 18.4 Å². The Morgan fingerprint density at radius 2 is 2.04 bits per heavy atom. The molecule has 2 amide bonds. The van der Waals surface area contributed by atoms with E-state index in [2.05, 4.69) is 16.8 Å². The summed E-state index contributed by atoms with van der Waals surface area (Å²) in [7, 11) is 0. The molecule has 0 aromatic carbocycles. The minimum atomic E-state index is -2.69. The number of alkyl halides is 2. The molecule has 9 heteroatoms. The second-order valence-corrected chi connectivity index (χ2v) is 5.58. The zero-order valence-electron chi connectivity index (χ0n) is 12.5. The van der Waals surface area contributed by atoms with Gasteiger partial charge in [0.05, 0.1) is 6.54 Å². The van der Waals surface area contributed by atoms with E-state index in [-0.39, 0.29) is 30.7 Å². The minimum Gasteiger partial charge on any atom is -0.332 e. The summed E-state index contributed by atoms with van der Waals surface area (Å²) in [5.74, 6) is -0.456. The average molecular weight is 325 g/mol. The maximum atomic E-state index is 12.8. The van der Waals surface area contributed by atoms with Crippen LogP contribution in [0.4, 0.5) is 8.78 Å². The molecule has 0 N–H and O–H groups in total. The predicted molar refractivity (Wildman–Crippen MR) is 75.3 cm³/mol. The first-order chi connectivity index (χ1) is 11.0. The van der Waals surface area contributed by atoms with Crippen molar-refractivity contribution in [2.45, 2.75) is 38.4 Å². The number of hydrogen-bond donors (Lipinski definition) is 0. The fraction of sp³-hybridized carbons (Fsp3) is 0.571. The highest BCUT2D eigenvalue weighted by Gasteiger charge is 2.37. The second kappa shape index (κ2) is 6.05. The van der Waals surface area contributed by atoms with Crippen LogP contribution in [-0.4, -0.2) is 55.5 Å². The third-order valence-electron chi connectivity index (χ3n) is 4.28. The van der Waals surface area contributed by atoms with Crippen molar-refractivity contribution in [3.8, 4) is 0 Å². The van der Waals surface area contributed by atoms with E-state index >= 15 is 0 Å². The van der Waals surface area contributed by atoms with Crippen molar-refractivity contribution in [1.82, 2.24) is 24.6 Å². The Kier molecular flexibility index (Phi) is 4.10. The van der Waals surface area contributed by atoms with E-state index in [1.54, 1.807) is 4.90 Å². The van der Waals surface area contributed by atoms with Gasteiger partial charge in [-0.25, -0.2) is 8.78 Å². The summed E-state index contributed by atoms with van der Waals surface area (Å²) in [5.41, 5.74) is 0. The molecule has 1 unspecified atom stereocenters. The number of carbonyl (C=O) groups is 2. The summed E-state index contributed by atoms with van der Waals surface area (Å²) < 4.78 is 27.0. The molecular formula is C14H17F2N5O2. The largest absolute Gasteiger partial charge is 0.332 e. The lowest BCUT2D eigenvalue weighted by Gasteiger charge is -2.32. The Morgan fingerprint density at radius 1 is 1.26 bits per heavy atom. The van der Waals surface area contributed by atoms with Crippen LogP contribution in [0, 0.1) is 0 Å². The van der Waals surface area contributed by atoms with Crippen molar-refractivity contribution in [3.05, 3.63) is 24.3 Å². The molecule has 1 aromatic heterocycles. The van der Waals surface area contributed by atoms with Gasteiger partial charge in [-0.1, -0.05) is 6.58 Å². The van der Waals surface area contributed by atoms with Crippen LogP contribution in [0.3, 0.4) is 0 Å². The fourth-order valence-corrected chi connectivity index (χ4v) is 3.14. The van der Waals surface area contributed by atoms with E-state index in [0.717, 1.165) is 6.42 Å². The molecule has 2 aliphatic rings. The third kappa shape index (κ3) is 2.71. The van der Waals surface area contributed by atoms with Crippen molar-refractivity contribution in [2.75, 3.05) is 13.1 Å². The van der Waals surface area contributed by atoms with Crippen LogP contribution >= 0.6 is 0 Å². The first kappa shape index (κ1) is 15.6. The molecule has 2 aliphatic heterocycles. The molecule has 7 nitrogen and oxygen atoms in total. The van der Waals surface area contributed by atoms with Gasteiger partial charge in [0.1, 0.15) is 6.04 Å². The number of aromatic nitrogens is 3. The number of nitrogens with zero attached hydrogens (tertiary/aromatic N) is 5. The summed E-state index contributed by atoms with van der Waals surface area (Å²) in [4.78, 5) is 27.6. The maximum Gasteiger partial charge on any atom is 0.297 e. The van der Waals surface area contributed by atoms with Gasteiger partial charge in [0.2, 0.25) is 11.8 Å². The minimum absolute atomic E-state index is 0.130.